The maximum Gasteiger partial charge on any atom is 0.274 e. The van der Waals surface area contributed by atoms with Gasteiger partial charge in [-0.2, -0.15) is 5.26 Å². The van der Waals surface area contributed by atoms with Crippen LogP contribution in [0.15, 0.2) is 46.8 Å². The smallest absolute Gasteiger partial charge is 0.274 e. The molecule has 3 aromatic rings. The van der Waals surface area contributed by atoms with Gasteiger partial charge in [0.2, 0.25) is 0 Å². The van der Waals surface area contributed by atoms with Crippen LogP contribution < -0.4 is 20.5 Å². The summed E-state index contributed by atoms with van der Waals surface area (Å²) < 4.78 is 1.77. The summed E-state index contributed by atoms with van der Waals surface area (Å²) in [5.74, 6) is -1.37. The minimum absolute atomic E-state index is 0.0305. The molecule has 1 atom stereocenters. The third-order valence-corrected chi connectivity index (χ3v) is 7.66. The summed E-state index contributed by atoms with van der Waals surface area (Å²) in [6, 6.07) is 11.8. The topological polar surface area (TPSA) is 92.1 Å². The lowest BCUT2D eigenvalue weighted by Crippen LogP contribution is -2.41. The monoisotopic (exact) mass is 564 g/mol. The second kappa shape index (κ2) is 9.73. The molecule has 0 aliphatic carbocycles. The van der Waals surface area contributed by atoms with Crippen molar-refractivity contribution in [1.82, 2.24) is 9.47 Å². The van der Waals surface area contributed by atoms with Gasteiger partial charge in [-0.15, -0.1) is 11.3 Å². The van der Waals surface area contributed by atoms with Crippen molar-refractivity contribution in [1.29, 1.82) is 5.26 Å². The van der Waals surface area contributed by atoms with Gasteiger partial charge in [0.15, 0.2) is 0 Å². The van der Waals surface area contributed by atoms with Crippen LogP contribution in [0, 0.1) is 11.3 Å². The van der Waals surface area contributed by atoms with Crippen LogP contribution in [0.3, 0.4) is 0 Å². The predicted molar refractivity (Wildman–Crippen MR) is 142 cm³/mol. The minimum Gasteiger partial charge on any atom is -0.384 e. The van der Waals surface area contributed by atoms with E-state index in [1.165, 1.54) is 15.5 Å². The Kier molecular flexibility index (Phi) is 7.05. The summed E-state index contributed by atoms with van der Waals surface area (Å²) in [6.45, 7) is 0. The van der Waals surface area contributed by atoms with E-state index in [9.17, 15) is 14.9 Å². The fourth-order valence-electron chi connectivity index (χ4n) is 3.80. The molecule has 0 fully saturated rings. The first-order valence-corrected chi connectivity index (χ1v) is 12.4. The fourth-order valence-corrected chi connectivity index (χ4v) is 5.94. The maximum atomic E-state index is 13.5. The number of allylic oxidation sites excluding steroid dienone is 1. The molecule has 35 heavy (non-hydrogen) atoms. The van der Waals surface area contributed by atoms with Gasteiger partial charge >= 0.3 is 0 Å². The number of aromatic nitrogens is 1. The molecule has 1 aliphatic rings. The summed E-state index contributed by atoms with van der Waals surface area (Å²) in [6.07, 6.45) is 1.60. The van der Waals surface area contributed by atoms with Gasteiger partial charge in [0.05, 0.1) is 27.7 Å². The number of hydrogen-bond donors (Lipinski definition) is 1. The first-order valence-electron chi connectivity index (χ1n) is 10.0. The van der Waals surface area contributed by atoms with Gasteiger partial charge in [0.25, 0.3) is 11.5 Å². The van der Waals surface area contributed by atoms with Crippen LogP contribution in [0.1, 0.15) is 17.0 Å². The number of carbonyl (C=O) groups excluding carboxylic acids is 1. The molecule has 2 heterocycles. The molecule has 1 unspecified atom stereocenters. The zero-order valence-corrected chi connectivity index (χ0v) is 22.1. The molecular weight excluding hydrogens is 550 g/mol. The van der Waals surface area contributed by atoms with Gasteiger partial charge in [0, 0.05) is 34.2 Å². The number of nitrogens with zero attached hydrogens (tertiary/aromatic N) is 3. The Morgan fingerprint density at radius 1 is 1.11 bits per heavy atom. The van der Waals surface area contributed by atoms with Crippen molar-refractivity contribution < 1.29 is 4.79 Å². The van der Waals surface area contributed by atoms with Crippen LogP contribution in [0.2, 0.25) is 20.1 Å². The fraction of sp³-hybridized carbons (Fsp3) is 0.125. The summed E-state index contributed by atoms with van der Waals surface area (Å²) in [5, 5.41) is 11.5. The highest BCUT2D eigenvalue weighted by Crippen LogP contribution is 2.40. The van der Waals surface area contributed by atoms with Crippen LogP contribution in [0.5, 0.6) is 0 Å². The summed E-state index contributed by atoms with van der Waals surface area (Å²) in [5.41, 5.74) is 7.15. The van der Waals surface area contributed by atoms with E-state index in [1.807, 2.05) is 0 Å². The molecule has 4 rings (SSSR count). The van der Waals surface area contributed by atoms with E-state index in [2.05, 4.69) is 6.07 Å². The number of nitrogens with two attached hydrogens (primary N) is 1. The molecule has 1 aromatic heterocycles. The first kappa shape index (κ1) is 25.4. The Bertz CT molecular complexity index is 1650. The lowest BCUT2D eigenvalue weighted by Gasteiger charge is -2.27. The number of amides is 1. The number of halogens is 4. The normalized spacial score (nSPS) is 15.7. The van der Waals surface area contributed by atoms with Crippen LogP contribution >= 0.6 is 57.7 Å². The number of hydrogen-bond acceptors (Lipinski definition) is 5. The molecule has 0 spiro atoms. The number of benzene rings is 2. The second-order valence-corrected chi connectivity index (χ2v) is 10.6. The number of fused-ring (bicyclic) bond motifs is 1. The van der Waals surface area contributed by atoms with E-state index in [0.717, 1.165) is 11.3 Å². The van der Waals surface area contributed by atoms with E-state index < -0.39 is 17.4 Å². The third kappa shape index (κ3) is 4.49. The molecule has 178 valence electrons. The van der Waals surface area contributed by atoms with Crippen molar-refractivity contribution >= 4 is 81.1 Å². The maximum absolute atomic E-state index is 13.5. The second-order valence-electron chi connectivity index (χ2n) is 7.85. The molecule has 1 amide bonds. The molecule has 0 bridgehead atoms. The van der Waals surface area contributed by atoms with E-state index in [4.69, 9.17) is 52.1 Å². The van der Waals surface area contributed by atoms with Gasteiger partial charge in [-0.25, -0.2) is 0 Å². The average Bonchev–Trinajstić information content (AvgIpc) is 3.11. The number of rotatable bonds is 3. The molecule has 0 saturated heterocycles. The van der Waals surface area contributed by atoms with Crippen LogP contribution in [-0.4, -0.2) is 29.5 Å². The predicted octanol–water partition coefficient (Wildman–Crippen LogP) is 4.04. The summed E-state index contributed by atoms with van der Waals surface area (Å²) in [7, 11) is 3.17. The zero-order chi connectivity index (χ0) is 25.6. The lowest BCUT2D eigenvalue weighted by atomic mass is 9.83. The molecule has 0 radical (unpaired) electrons. The van der Waals surface area contributed by atoms with Gasteiger partial charge < -0.3 is 10.6 Å². The van der Waals surface area contributed by atoms with Crippen molar-refractivity contribution in [3.63, 3.8) is 0 Å². The number of carbonyl (C=O) groups is 1. The van der Waals surface area contributed by atoms with E-state index in [-0.39, 0.29) is 26.5 Å². The SMILES string of the molecule is CN(C)C(=O)C1=c2s/c(=C/c3ccc(Cl)cc3Cl)c(=O)n2C(N)=C(C#N)C1c1ccc(Cl)cc1Cl. The van der Waals surface area contributed by atoms with Crippen molar-refractivity contribution in [3.05, 3.63) is 92.7 Å². The van der Waals surface area contributed by atoms with Crippen molar-refractivity contribution in [2.45, 2.75) is 5.92 Å². The molecule has 11 heteroatoms. The van der Waals surface area contributed by atoms with Gasteiger partial charge in [-0.05, 0) is 41.5 Å². The Labute approximate surface area is 224 Å². The molecule has 0 saturated carbocycles. The Morgan fingerprint density at radius 3 is 2.31 bits per heavy atom. The van der Waals surface area contributed by atoms with Crippen molar-refractivity contribution in [3.8, 4) is 6.07 Å². The zero-order valence-electron chi connectivity index (χ0n) is 18.3. The molecule has 6 nitrogen and oxygen atoms in total. The number of nitriles is 1. The van der Waals surface area contributed by atoms with Crippen LogP contribution in [-0.2, 0) is 4.79 Å². The Hall–Kier alpha value is -2.73. The molecule has 2 N–H and O–H groups in total. The standard InChI is InChI=1S/C24H16Cl4N4O2S/c1-31(2)23(34)20-19(14-6-5-13(26)9-17(14)28)15(10-29)21(30)32-22(33)18(35-24(20)32)7-11-3-4-12(25)8-16(11)27/h3-9,19H,30H2,1-2H3/b18-7+. The Balaban J connectivity index is 2.14. The lowest BCUT2D eigenvalue weighted by molar-refractivity contribution is -0.123. The minimum atomic E-state index is -0.898. The highest BCUT2D eigenvalue weighted by Gasteiger charge is 2.37. The van der Waals surface area contributed by atoms with E-state index >= 15 is 0 Å². The van der Waals surface area contributed by atoms with Gasteiger partial charge in [0.1, 0.15) is 10.5 Å². The molecule has 1 aliphatic heterocycles. The third-order valence-electron chi connectivity index (χ3n) is 5.43. The summed E-state index contributed by atoms with van der Waals surface area (Å²) >= 11 is 25.9. The van der Waals surface area contributed by atoms with Crippen molar-refractivity contribution in [2.24, 2.45) is 5.73 Å². The largest absolute Gasteiger partial charge is 0.384 e. The average molecular weight is 566 g/mol. The Morgan fingerprint density at radius 2 is 1.74 bits per heavy atom. The number of thiazole rings is 1. The van der Waals surface area contributed by atoms with Gasteiger partial charge in [-0.1, -0.05) is 58.5 Å². The highest BCUT2D eigenvalue weighted by atomic mass is 35.5. The first-order chi connectivity index (χ1) is 16.5. The van der Waals surface area contributed by atoms with Crippen LogP contribution in [0.25, 0.3) is 17.5 Å². The summed E-state index contributed by atoms with van der Waals surface area (Å²) in [4.78, 5) is 28.3. The molecule has 2 aromatic carbocycles. The molecular formula is C24H16Cl4N4O2S. The quantitative estimate of drug-likeness (QED) is 0.519. The van der Waals surface area contributed by atoms with Crippen molar-refractivity contribution in [2.75, 3.05) is 14.1 Å². The van der Waals surface area contributed by atoms with Gasteiger partial charge in [-0.3, -0.25) is 14.2 Å². The van der Waals surface area contributed by atoms with E-state index in [0.29, 0.717) is 30.9 Å². The van der Waals surface area contributed by atoms with E-state index in [1.54, 1.807) is 50.5 Å². The highest BCUT2D eigenvalue weighted by molar-refractivity contribution is 7.07. The van der Waals surface area contributed by atoms with Crippen LogP contribution in [0.4, 0.5) is 0 Å².